The summed E-state index contributed by atoms with van der Waals surface area (Å²) in [4.78, 5) is 42.0. The van der Waals surface area contributed by atoms with E-state index in [9.17, 15) is 23.9 Å². The minimum absolute atomic E-state index is 0. The van der Waals surface area contributed by atoms with E-state index >= 15 is 0 Å². The second-order valence-corrected chi connectivity index (χ2v) is 9.22. The van der Waals surface area contributed by atoms with E-state index in [-0.39, 0.29) is 37.8 Å². The maximum absolute atomic E-state index is 13.4. The molecule has 4 N–H and O–H groups in total. The number of carbonyl (C=O) groups excluding carboxylic acids is 3. The highest BCUT2D eigenvalue weighted by atomic mass is 35.5. The van der Waals surface area contributed by atoms with E-state index in [2.05, 4.69) is 5.32 Å². The number of hydrogen-bond acceptors (Lipinski definition) is 5. The summed E-state index contributed by atoms with van der Waals surface area (Å²) >= 11 is 0. The average Bonchev–Trinajstić information content (AvgIpc) is 3.41. The number of rotatable bonds is 10. The molecule has 0 aliphatic carbocycles. The quantitative estimate of drug-likeness (QED) is 0.340. The molecule has 202 valence electrons. The first-order valence-corrected chi connectivity index (χ1v) is 12.3. The van der Waals surface area contributed by atoms with Crippen molar-refractivity contribution in [1.82, 2.24) is 15.1 Å². The maximum atomic E-state index is 13.4. The predicted molar refractivity (Wildman–Crippen MR) is 145 cm³/mol. The minimum atomic E-state index is -0.935. The van der Waals surface area contributed by atoms with Crippen LogP contribution in [0.1, 0.15) is 28.8 Å². The molecule has 1 aliphatic heterocycles. The largest absolute Gasteiger partial charge is 0.390 e. The molecule has 0 aromatic heterocycles. The van der Waals surface area contributed by atoms with Gasteiger partial charge in [0.2, 0.25) is 12.3 Å². The van der Waals surface area contributed by atoms with Gasteiger partial charge in [0.25, 0.3) is 5.91 Å². The molecule has 2 unspecified atom stereocenters. The van der Waals surface area contributed by atoms with E-state index in [1.165, 1.54) is 29.2 Å². The highest BCUT2D eigenvalue weighted by Gasteiger charge is 2.39. The average molecular weight is 543 g/mol. The maximum Gasteiger partial charge on any atom is 0.255 e. The molecule has 1 saturated heterocycles. The number of aliphatic hydroxyl groups is 1. The van der Waals surface area contributed by atoms with Gasteiger partial charge in [0, 0.05) is 31.6 Å². The normalized spacial score (nSPS) is 16.4. The summed E-state index contributed by atoms with van der Waals surface area (Å²) in [6, 6.07) is 18.0. The van der Waals surface area contributed by atoms with Crippen molar-refractivity contribution < 1.29 is 23.9 Å². The Bertz CT molecular complexity index is 1260. The van der Waals surface area contributed by atoms with Crippen LogP contribution in [0.25, 0.3) is 10.8 Å². The number of nitrogens with one attached hydrogen (secondary N) is 1. The molecule has 0 spiro atoms. The molecule has 38 heavy (non-hydrogen) atoms. The van der Waals surface area contributed by atoms with E-state index in [0.29, 0.717) is 31.4 Å². The van der Waals surface area contributed by atoms with Crippen LogP contribution in [0, 0.1) is 5.82 Å². The number of nitrogens with zero attached hydrogens (tertiary/aromatic N) is 2. The zero-order valence-electron chi connectivity index (χ0n) is 20.8. The highest BCUT2D eigenvalue weighted by molar-refractivity contribution is 5.95. The van der Waals surface area contributed by atoms with Crippen LogP contribution in [0.2, 0.25) is 0 Å². The second kappa shape index (κ2) is 13.3. The first-order valence-electron chi connectivity index (χ1n) is 12.3. The lowest BCUT2D eigenvalue weighted by Crippen LogP contribution is -2.57. The van der Waals surface area contributed by atoms with Crippen LogP contribution in [0.3, 0.4) is 0 Å². The van der Waals surface area contributed by atoms with Crippen LogP contribution in [0.5, 0.6) is 0 Å². The van der Waals surface area contributed by atoms with E-state index < -0.39 is 30.0 Å². The van der Waals surface area contributed by atoms with Crippen molar-refractivity contribution in [3.8, 4) is 0 Å². The zero-order valence-corrected chi connectivity index (χ0v) is 21.6. The number of amides is 3. The van der Waals surface area contributed by atoms with Gasteiger partial charge in [0.1, 0.15) is 18.0 Å². The van der Waals surface area contributed by atoms with Gasteiger partial charge in [0.15, 0.2) is 0 Å². The first-order chi connectivity index (χ1) is 17.9. The summed E-state index contributed by atoms with van der Waals surface area (Å²) in [5, 5.41) is 14.6. The fraction of sp³-hybridized carbons (Fsp3) is 0.321. The van der Waals surface area contributed by atoms with E-state index in [1.54, 1.807) is 4.90 Å². The Labute approximate surface area is 227 Å². The summed E-state index contributed by atoms with van der Waals surface area (Å²) in [6.07, 6.45) is 0.398. The fourth-order valence-electron chi connectivity index (χ4n) is 4.75. The number of fused-ring (bicyclic) bond motifs is 1. The molecule has 1 heterocycles. The molecule has 4 rings (SSSR count). The SMILES string of the molecule is Cl.NCC(O)CNC(=O)[C@@H](Cc1ccc2ccccc2c1)N(C=O)C1CCCN1C(=O)c1ccc(F)cc1. The van der Waals surface area contributed by atoms with Crippen molar-refractivity contribution in [2.45, 2.75) is 37.6 Å². The molecule has 3 atom stereocenters. The Morgan fingerprint density at radius 2 is 1.84 bits per heavy atom. The third-order valence-corrected chi connectivity index (χ3v) is 6.73. The van der Waals surface area contributed by atoms with Crippen molar-refractivity contribution >= 4 is 41.4 Å². The van der Waals surface area contributed by atoms with Crippen molar-refractivity contribution in [2.24, 2.45) is 5.73 Å². The van der Waals surface area contributed by atoms with Gasteiger partial charge in [-0.15, -0.1) is 12.4 Å². The first kappa shape index (κ1) is 29.0. The van der Waals surface area contributed by atoms with Crippen molar-refractivity contribution in [3.63, 3.8) is 0 Å². The van der Waals surface area contributed by atoms with Gasteiger partial charge in [-0.2, -0.15) is 0 Å². The lowest BCUT2D eigenvalue weighted by Gasteiger charge is -2.37. The predicted octanol–water partition coefficient (Wildman–Crippen LogP) is 2.47. The molecular weight excluding hydrogens is 511 g/mol. The molecule has 3 amide bonds. The summed E-state index contributed by atoms with van der Waals surface area (Å²) in [7, 11) is 0. The molecular formula is C28H32ClFN4O4. The van der Waals surface area contributed by atoms with Gasteiger partial charge < -0.3 is 26.0 Å². The van der Waals surface area contributed by atoms with Crippen molar-refractivity contribution in [2.75, 3.05) is 19.6 Å². The monoisotopic (exact) mass is 542 g/mol. The van der Waals surface area contributed by atoms with Gasteiger partial charge in [-0.25, -0.2) is 4.39 Å². The Hall–Kier alpha value is -3.53. The molecule has 3 aromatic rings. The lowest BCUT2D eigenvalue weighted by atomic mass is 9.99. The van der Waals surface area contributed by atoms with Crippen LogP contribution in [-0.4, -0.2) is 71.1 Å². The fourth-order valence-corrected chi connectivity index (χ4v) is 4.75. The standard InChI is InChI=1S/C28H31FN4O4.ClH/c29-23-11-9-21(10-12-23)28(37)32-13-3-6-26(32)33(18-34)25(27(36)31-17-24(35)16-30)15-19-7-8-20-4-1-2-5-22(20)14-19;/h1-2,4-5,7-12,14,18,24-26,35H,3,6,13,15-17,30H2,(H,31,36);1H/t24?,25-,26?;/m1./s1. The molecule has 0 saturated carbocycles. The Morgan fingerprint density at radius 1 is 1.13 bits per heavy atom. The topological polar surface area (TPSA) is 116 Å². The Morgan fingerprint density at radius 3 is 2.53 bits per heavy atom. The van der Waals surface area contributed by atoms with Gasteiger partial charge in [0.05, 0.1) is 6.10 Å². The second-order valence-electron chi connectivity index (χ2n) is 9.22. The van der Waals surface area contributed by atoms with Crippen molar-refractivity contribution in [1.29, 1.82) is 0 Å². The number of benzene rings is 3. The molecule has 10 heteroatoms. The number of nitrogens with two attached hydrogens (primary N) is 1. The van der Waals surface area contributed by atoms with E-state index in [1.807, 2.05) is 42.5 Å². The van der Waals surface area contributed by atoms with Crippen LogP contribution >= 0.6 is 12.4 Å². The smallest absolute Gasteiger partial charge is 0.255 e. The number of aliphatic hydroxyl groups excluding tert-OH is 1. The number of likely N-dealkylation sites (tertiary alicyclic amines) is 1. The summed E-state index contributed by atoms with van der Waals surface area (Å²) in [5.41, 5.74) is 6.63. The summed E-state index contributed by atoms with van der Waals surface area (Å²) < 4.78 is 13.4. The van der Waals surface area contributed by atoms with E-state index in [4.69, 9.17) is 5.73 Å². The van der Waals surface area contributed by atoms with Crippen LogP contribution < -0.4 is 11.1 Å². The lowest BCUT2D eigenvalue weighted by molar-refractivity contribution is -0.137. The number of carbonyl (C=O) groups is 3. The van der Waals surface area contributed by atoms with Gasteiger partial charge in [-0.3, -0.25) is 14.4 Å². The molecule has 0 bridgehead atoms. The number of halogens is 2. The third kappa shape index (κ3) is 6.66. The zero-order chi connectivity index (χ0) is 26.4. The molecule has 0 radical (unpaired) electrons. The third-order valence-electron chi connectivity index (χ3n) is 6.73. The summed E-state index contributed by atoms with van der Waals surface area (Å²) in [6.45, 7) is 0.330. The van der Waals surface area contributed by atoms with E-state index in [0.717, 1.165) is 16.3 Å². The highest BCUT2D eigenvalue weighted by Crippen LogP contribution is 2.26. The molecule has 8 nitrogen and oxygen atoms in total. The van der Waals surface area contributed by atoms with Crippen LogP contribution in [-0.2, 0) is 16.0 Å². The van der Waals surface area contributed by atoms with Crippen LogP contribution in [0.15, 0.2) is 66.7 Å². The minimum Gasteiger partial charge on any atom is -0.390 e. The number of hydrogen-bond donors (Lipinski definition) is 3. The van der Waals surface area contributed by atoms with Crippen LogP contribution in [0.4, 0.5) is 4.39 Å². The van der Waals surface area contributed by atoms with Gasteiger partial charge >= 0.3 is 0 Å². The molecule has 3 aromatic carbocycles. The van der Waals surface area contributed by atoms with Gasteiger partial charge in [-0.05, 0) is 53.4 Å². The van der Waals surface area contributed by atoms with Crippen molar-refractivity contribution in [3.05, 3.63) is 83.7 Å². The Balaban J connectivity index is 0.00000400. The molecule has 1 fully saturated rings. The molecule has 1 aliphatic rings. The summed E-state index contributed by atoms with van der Waals surface area (Å²) in [5.74, 6) is -1.23. The van der Waals surface area contributed by atoms with Gasteiger partial charge in [-0.1, -0.05) is 42.5 Å². The Kier molecular flexibility index (Phi) is 10.2.